The number of phenolic OH excluding ortho intramolecular Hbond substituents is 6. The average Bonchev–Trinajstić information content (AvgIpc) is 2.95. The minimum absolute atomic E-state index is 0.0501. The Labute approximate surface area is 239 Å². The van der Waals surface area contributed by atoms with Crippen LogP contribution >= 0.6 is 0 Å². The van der Waals surface area contributed by atoms with Crippen LogP contribution in [0.4, 0.5) is 0 Å². The number of aliphatic hydroxyl groups excluding tert-OH is 2. The second kappa shape index (κ2) is 10.1. The summed E-state index contributed by atoms with van der Waals surface area (Å²) in [4.78, 5) is 0. The van der Waals surface area contributed by atoms with E-state index in [4.69, 9.17) is 14.2 Å². The highest BCUT2D eigenvalue weighted by Crippen LogP contribution is 2.56. The SMILES string of the molecule is COc1ccc([C@H]2Oc3c(c(O)cc4c3[C@H](c3ccc(O)cc3O)[C@H](O)[C@@H](c3ccc(O)c(O)c3)O4)C[C@@H]2O)cc1O. The summed E-state index contributed by atoms with van der Waals surface area (Å²) < 4.78 is 17.6. The molecule has 8 N–H and O–H groups in total. The molecule has 4 aromatic carbocycles. The van der Waals surface area contributed by atoms with E-state index in [-0.39, 0.29) is 69.1 Å². The minimum atomic E-state index is -1.41. The molecular weight excluding hydrogens is 548 g/mol. The fraction of sp³-hybridized carbons (Fsp3) is 0.226. The van der Waals surface area contributed by atoms with E-state index in [1.54, 1.807) is 6.07 Å². The maximum Gasteiger partial charge on any atom is 0.160 e. The number of methoxy groups -OCH3 is 1. The van der Waals surface area contributed by atoms with Gasteiger partial charge in [-0.05, 0) is 41.5 Å². The van der Waals surface area contributed by atoms with Gasteiger partial charge < -0.3 is 55.1 Å². The molecule has 11 nitrogen and oxygen atoms in total. The molecule has 0 aromatic heterocycles. The molecule has 0 amide bonds. The van der Waals surface area contributed by atoms with Gasteiger partial charge >= 0.3 is 0 Å². The van der Waals surface area contributed by atoms with Gasteiger partial charge in [-0.25, -0.2) is 0 Å². The van der Waals surface area contributed by atoms with Crippen molar-refractivity contribution in [3.63, 3.8) is 0 Å². The number of aliphatic hydroxyl groups is 2. The highest BCUT2D eigenvalue weighted by Gasteiger charge is 2.46. The van der Waals surface area contributed by atoms with E-state index >= 15 is 0 Å². The zero-order valence-corrected chi connectivity index (χ0v) is 22.2. The van der Waals surface area contributed by atoms with Gasteiger partial charge in [0, 0.05) is 41.2 Å². The normalized spacial score (nSPS) is 22.8. The van der Waals surface area contributed by atoms with Crippen LogP contribution in [0.1, 0.15) is 45.9 Å². The van der Waals surface area contributed by atoms with Crippen molar-refractivity contribution in [3.8, 4) is 51.7 Å². The number of hydrogen-bond acceptors (Lipinski definition) is 11. The fourth-order valence-corrected chi connectivity index (χ4v) is 5.77. The lowest BCUT2D eigenvalue weighted by atomic mass is 9.77. The summed E-state index contributed by atoms with van der Waals surface area (Å²) in [5, 5.41) is 84.9. The van der Waals surface area contributed by atoms with Crippen molar-refractivity contribution in [2.45, 2.75) is 36.8 Å². The predicted molar refractivity (Wildman–Crippen MR) is 147 cm³/mol. The standard InChI is InChI=1S/C31H28O11/c1-40-24-7-3-13(9-22(24)37)29-23(38)11-17-20(35)12-25-27(31(17)42-29)26(16-5-4-15(32)10-19(16)34)28(39)30(41-25)14-2-6-18(33)21(36)8-14/h2-10,12,23,26,28-30,32-39H,11H2,1H3/t23-,26-,28-,29+,30+/m0/s1. The summed E-state index contributed by atoms with van der Waals surface area (Å²) in [6.07, 6.45) is -4.73. The summed E-state index contributed by atoms with van der Waals surface area (Å²) in [5.74, 6) is -2.36. The first-order valence-corrected chi connectivity index (χ1v) is 13.1. The Morgan fingerprint density at radius 1 is 0.690 bits per heavy atom. The van der Waals surface area contributed by atoms with Crippen molar-refractivity contribution in [2.75, 3.05) is 7.11 Å². The monoisotopic (exact) mass is 576 g/mol. The van der Waals surface area contributed by atoms with Gasteiger partial charge in [0.15, 0.2) is 29.1 Å². The van der Waals surface area contributed by atoms with Gasteiger partial charge in [0.25, 0.3) is 0 Å². The summed E-state index contributed by atoms with van der Waals surface area (Å²) in [7, 11) is 1.41. The van der Waals surface area contributed by atoms with E-state index in [9.17, 15) is 40.9 Å². The van der Waals surface area contributed by atoms with E-state index in [2.05, 4.69) is 0 Å². The Hall–Kier alpha value is -5.00. The van der Waals surface area contributed by atoms with Crippen LogP contribution in [0.2, 0.25) is 0 Å². The van der Waals surface area contributed by atoms with E-state index < -0.39 is 36.1 Å². The van der Waals surface area contributed by atoms with Crippen LogP contribution in [0.25, 0.3) is 0 Å². The van der Waals surface area contributed by atoms with Gasteiger partial charge in [-0.1, -0.05) is 18.2 Å². The summed E-state index contributed by atoms with van der Waals surface area (Å²) in [6, 6.07) is 13.7. The molecule has 6 rings (SSSR count). The molecule has 4 aromatic rings. The zero-order valence-electron chi connectivity index (χ0n) is 22.2. The summed E-state index contributed by atoms with van der Waals surface area (Å²) in [6.45, 7) is 0. The van der Waals surface area contributed by atoms with Crippen LogP contribution in [0.5, 0.6) is 51.7 Å². The summed E-state index contributed by atoms with van der Waals surface area (Å²) >= 11 is 0. The van der Waals surface area contributed by atoms with Gasteiger partial charge in [0.1, 0.15) is 41.0 Å². The van der Waals surface area contributed by atoms with Crippen molar-refractivity contribution in [1.82, 2.24) is 0 Å². The molecule has 11 heteroatoms. The quantitative estimate of drug-likeness (QED) is 0.166. The molecule has 2 heterocycles. The smallest absolute Gasteiger partial charge is 0.160 e. The Bertz CT molecular complexity index is 1680. The number of aromatic hydroxyl groups is 6. The van der Waals surface area contributed by atoms with Gasteiger partial charge in [0.05, 0.1) is 13.2 Å². The lowest BCUT2D eigenvalue weighted by molar-refractivity contribution is -0.00244. The van der Waals surface area contributed by atoms with Gasteiger partial charge in [-0.15, -0.1) is 0 Å². The third-order valence-electron chi connectivity index (χ3n) is 7.79. The van der Waals surface area contributed by atoms with Crippen LogP contribution < -0.4 is 14.2 Å². The Balaban J connectivity index is 1.53. The molecule has 0 unspecified atom stereocenters. The van der Waals surface area contributed by atoms with Crippen LogP contribution in [0.15, 0.2) is 60.7 Å². The largest absolute Gasteiger partial charge is 0.508 e. The van der Waals surface area contributed by atoms with Gasteiger partial charge in [-0.3, -0.25) is 0 Å². The maximum absolute atomic E-state index is 11.8. The first kappa shape index (κ1) is 27.2. The van der Waals surface area contributed by atoms with Crippen LogP contribution in [0, 0.1) is 0 Å². The van der Waals surface area contributed by atoms with Crippen LogP contribution in [0.3, 0.4) is 0 Å². The van der Waals surface area contributed by atoms with Gasteiger partial charge in [-0.2, -0.15) is 0 Å². The van der Waals surface area contributed by atoms with E-state index in [0.29, 0.717) is 11.1 Å². The molecule has 2 aliphatic heterocycles. The van der Waals surface area contributed by atoms with Crippen LogP contribution in [-0.4, -0.2) is 60.2 Å². The zero-order chi connectivity index (χ0) is 29.9. The van der Waals surface area contributed by atoms with Crippen molar-refractivity contribution < 1.29 is 55.1 Å². The molecule has 0 spiro atoms. The molecule has 0 saturated carbocycles. The number of benzene rings is 4. The number of rotatable bonds is 4. The average molecular weight is 577 g/mol. The van der Waals surface area contributed by atoms with Crippen molar-refractivity contribution in [1.29, 1.82) is 0 Å². The Morgan fingerprint density at radius 2 is 1.40 bits per heavy atom. The number of fused-ring (bicyclic) bond motifs is 3. The third-order valence-corrected chi connectivity index (χ3v) is 7.79. The highest BCUT2D eigenvalue weighted by molar-refractivity contribution is 5.64. The van der Waals surface area contributed by atoms with E-state index in [1.165, 1.54) is 55.6 Å². The molecule has 0 radical (unpaired) electrons. The number of ether oxygens (including phenoxy) is 3. The third kappa shape index (κ3) is 4.39. The molecule has 0 fully saturated rings. The van der Waals surface area contributed by atoms with Crippen LogP contribution in [-0.2, 0) is 6.42 Å². The first-order chi connectivity index (χ1) is 20.1. The predicted octanol–water partition coefficient (Wildman–Crippen LogP) is 3.59. The second-order valence-corrected chi connectivity index (χ2v) is 10.4. The maximum atomic E-state index is 11.8. The molecular formula is C31H28O11. The molecule has 5 atom stereocenters. The molecule has 218 valence electrons. The van der Waals surface area contributed by atoms with E-state index in [0.717, 1.165) is 6.07 Å². The lowest BCUT2D eigenvalue weighted by Crippen LogP contribution is -2.37. The Morgan fingerprint density at radius 3 is 2.10 bits per heavy atom. The van der Waals surface area contributed by atoms with Crippen molar-refractivity contribution in [2.24, 2.45) is 0 Å². The minimum Gasteiger partial charge on any atom is -0.508 e. The molecule has 0 bridgehead atoms. The lowest BCUT2D eigenvalue weighted by Gasteiger charge is -2.41. The van der Waals surface area contributed by atoms with E-state index in [1.807, 2.05) is 0 Å². The first-order valence-electron chi connectivity index (χ1n) is 13.1. The number of phenols is 6. The molecule has 42 heavy (non-hydrogen) atoms. The molecule has 2 aliphatic rings. The molecule has 0 saturated heterocycles. The second-order valence-electron chi connectivity index (χ2n) is 10.4. The molecule has 0 aliphatic carbocycles. The van der Waals surface area contributed by atoms with Crippen molar-refractivity contribution in [3.05, 3.63) is 88.5 Å². The highest BCUT2D eigenvalue weighted by atomic mass is 16.5. The van der Waals surface area contributed by atoms with Crippen molar-refractivity contribution >= 4 is 0 Å². The fourth-order valence-electron chi connectivity index (χ4n) is 5.77. The summed E-state index contributed by atoms with van der Waals surface area (Å²) in [5.41, 5.74) is 1.44. The topological polar surface area (TPSA) is 190 Å². The Kier molecular flexibility index (Phi) is 6.55. The number of hydrogen-bond donors (Lipinski definition) is 8. The van der Waals surface area contributed by atoms with Gasteiger partial charge in [0.2, 0.25) is 0 Å².